The number of methoxy groups -OCH3 is 1. The molecule has 0 aliphatic heterocycles. The molecule has 0 saturated heterocycles. The zero-order chi connectivity index (χ0) is 14.4. The van der Waals surface area contributed by atoms with Crippen molar-refractivity contribution in [3.05, 3.63) is 23.8 Å². The predicted molar refractivity (Wildman–Crippen MR) is 77.2 cm³/mol. The van der Waals surface area contributed by atoms with Gasteiger partial charge in [-0.2, -0.15) is 0 Å². The second-order valence-corrected chi connectivity index (χ2v) is 6.31. The van der Waals surface area contributed by atoms with Gasteiger partial charge < -0.3 is 15.8 Å². The van der Waals surface area contributed by atoms with E-state index in [-0.39, 0.29) is 16.8 Å². The van der Waals surface area contributed by atoms with Crippen LogP contribution in [-0.4, -0.2) is 19.1 Å². The Morgan fingerprint density at radius 2 is 1.84 bits per heavy atom. The van der Waals surface area contributed by atoms with Crippen LogP contribution < -0.4 is 11.1 Å². The average molecular weight is 262 g/mol. The Hall–Kier alpha value is -1.71. The standard InChI is InChI=1S/C15H22N2O2/c1-14(2)13(15(14,3)4)17-11-7-6-9(8-10(11)16)12(18)19-5/h6-8,13,17H,16H2,1-5H3. The van der Waals surface area contributed by atoms with Crippen LogP contribution in [0, 0.1) is 10.8 Å². The molecule has 0 spiro atoms. The van der Waals surface area contributed by atoms with Crippen LogP contribution >= 0.6 is 0 Å². The van der Waals surface area contributed by atoms with Gasteiger partial charge in [-0.3, -0.25) is 0 Å². The Morgan fingerprint density at radius 3 is 2.26 bits per heavy atom. The molecule has 1 aliphatic rings. The topological polar surface area (TPSA) is 64.3 Å². The van der Waals surface area contributed by atoms with Gasteiger partial charge in [-0.25, -0.2) is 4.79 Å². The molecule has 4 heteroatoms. The molecule has 1 aromatic rings. The first kappa shape index (κ1) is 13.7. The minimum absolute atomic E-state index is 0.237. The van der Waals surface area contributed by atoms with Crippen LogP contribution in [-0.2, 0) is 4.74 Å². The van der Waals surface area contributed by atoms with Crippen LogP contribution in [0.1, 0.15) is 38.1 Å². The van der Waals surface area contributed by atoms with Crippen molar-refractivity contribution in [1.82, 2.24) is 0 Å². The van der Waals surface area contributed by atoms with E-state index in [9.17, 15) is 4.79 Å². The maximum Gasteiger partial charge on any atom is 0.337 e. The molecule has 4 nitrogen and oxygen atoms in total. The second-order valence-electron chi connectivity index (χ2n) is 6.31. The number of anilines is 2. The van der Waals surface area contributed by atoms with Crippen molar-refractivity contribution in [3.8, 4) is 0 Å². The molecule has 0 atom stereocenters. The van der Waals surface area contributed by atoms with E-state index in [0.29, 0.717) is 17.3 Å². The van der Waals surface area contributed by atoms with Crippen LogP contribution in [0.4, 0.5) is 11.4 Å². The smallest absolute Gasteiger partial charge is 0.337 e. The fourth-order valence-electron chi connectivity index (χ4n) is 2.65. The molecular weight excluding hydrogens is 240 g/mol. The van der Waals surface area contributed by atoms with E-state index >= 15 is 0 Å². The van der Waals surface area contributed by atoms with Crippen molar-refractivity contribution in [2.75, 3.05) is 18.2 Å². The molecule has 104 valence electrons. The highest BCUT2D eigenvalue weighted by molar-refractivity contribution is 5.91. The number of nitrogens with one attached hydrogen (secondary N) is 1. The molecule has 1 fully saturated rings. The first-order valence-corrected chi connectivity index (χ1v) is 6.46. The van der Waals surface area contributed by atoms with Crippen LogP contribution in [0.2, 0.25) is 0 Å². The van der Waals surface area contributed by atoms with E-state index in [1.54, 1.807) is 12.1 Å². The fourth-order valence-corrected chi connectivity index (χ4v) is 2.65. The number of carbonyl (C=O) groups is 1. The normalized spacial score (nSPS) is 19.8. The number of ether oxygens (including phenoxy) is 1. The fraction of sp³-hybridized carbons (Fsp3) is 0.533. The number of hydrogen-bond donors (Lipinski definition) is 2. The number of rotatable bonds is 3. The van der Waals surface area contributed by atoms with E-state index in [0.717, 1.165) is 5.69 Å². The van der Waals surface area contributed by atoms with Crippen LogP contribution in [0.5, 0.6) is 0 Å². The first-order valence-electron chi connectivity index (χ1n) is 6.46. The van der Waals surface area contributed by atoms with Gasteiger partial charge in [0.2, 0.25) is 0 Å². The Morgan fingerprint density at radius 1 is 1.26 bits per heavy atom. The third kappa shape index (κ3) is 2.05. The van der Waals surface area contributed by atoms with Gasteiger partial charge >= 0.3 is 5.97 Å². The molecule has 0 unspecified atom stereocenters. The first-order chi connectivity index (χ1) is 8.71. The SMILES string of the molecule is COC(=O)c1ccc(NC2C(C)(C)C2(C)C)c(N)c1. The van der Waals surface area contributed by atoms with Crippen molar-refractivity contribution in [2.24, 2.45) is 10.8 Å². The molecule has 0 heterocycles. The Balaban J connectivity index is 2.18. The van der Waals surface area contributed by atoms with Gasteiger partial charge in [0.15, 0.2) is 0 Å². The third-order valence-electron chi connectivity index (χ3n) is 4.79. The predicted octanol–water partition coefficient (Wildman–Crippen LogP) is 2.90. The Kier molecular flexibility index (Phi) is 3.00. The summed E-state index contributed by atoms with van der Waals surface area (Å²) in [6.45, 7) is 8.96. The lowest BCUT2D eigenvalue weighted by Gasteiger charge is -2.12. The zero-order valence-electron chi connectivity index (χ0n) is 12.2. The summed E-state index contributed by atoms with van der Waals surface area (Å²) in [4.78, 5) is 11.4. The Bertz CT molecular complexity index is 507. The number of carbonyl (C=O) groups excluding carboxylic acids is 1. The van der Waals surface area contributed by atoms with E-state index in [1.807, 2.05) is 6.07 Å². The molecule has 2 rings (SSSR count). The lowest BCUT2D eigenvalue weighted by molar-refractivity contribution is 0.0601. The van der Waals surface area contributed by atoms with E-state index < -0.39 is 0 Å². The van der Waals surface area contributed by atoms with E-state index in [4.69, 9.17) is 5.73 Å². The molecule has 19 heavy (non-hydrogen) atoms. The number of hydrogen-bond acceptors (Lipinski definition) is 4. The number of esters is 1. The van der Waals surface area contributed by atoms with Gasteiger partial charge in [-0.15, -0.1) is 0 Å². The highest BCUT2D eigenvalue weighted by Crippen LogP contribution is 2.63. The van der Waals surface area contributed by atoms with E-state index in [2.05, 4.69) is 37.7 Å². The summed E-state index contributed by atoms with van der Waals surface area (Å²) >= 11 is 0. The van der Waals surface area contributed by atoms with Crippen LogP contribution in [0.3, 0.4) is 0 Å². The summed E-state index contributed by atoms with van der Waals surface area (Å²) in [6, 6.07) is 5.60. The molecule has 0 amide bonds. The number of nitrogens with two attached hydrogens (primary N) is 1. The lowest BCUT2D eigenvalue weighted by Crippen LogP contribution is -2.12. The molecule has 1 aromatic carbocycles. The third-order valence-corrected chi connectivity index (χ3v) is 4.79. The summed E-state index contributed by atoms with van der Waals surface area (Å²) in [5.41, 5.74) is 8.38. The van der Waals surface area contributed by atoms with Crippen LogP contribution in [0.25, 0.3) is 0 Å². The molecule has 1 saturated carbocycles. The summed E-state index contributed by atoms with van der Waals surface area (Å²) in [5, 5.41) is 3.47. The zero-order valence-corrected chi connectivity index (χ0v) is 12.2. The van der Waals surface area contributed by atoms with Crippen molar-refractivity contribution in [1.29, 1.82) is 0 Å². The number of benzene rings is 1. The molecule has 3 N–H and O–H groups in total. The summed E-state index contributed by atoms with van der Waals surface area (Å²) in [7, 11) is 1.36. The minimum atomic E-state index is -0.370. The summed E-state index contributed by atoms with van der Waals surface area (Å²) in [5.74, 6) is -0.370. The highest BCUT2D eigenvalue weighted by atomic mass is 16.5. The molecule has 0 bridgehead atoms. The van der Waals surface area contributed by atoms with Crippen molar-refractivity contribution < 1.29 is 9.53 Å². The quantitative estimate of drug-likeness (QED) is 0.649. The Labute approximate surface area is 114 Å². The van der Waals surface area contributed by atoms with Gasteiger partial charge in [-0.05, 0) is 29.0 Å². The van der Waals surface area contributed by atoms with Crippen LogP contribution in [0.15, 0.2) is 18.2 Å². The molecule has 1 aliphatic carbocycles. The lowest BCUT2D eigenvalue weighted by atomic mass is 10.0. The van der Waals surface area contributed by atoms with Crippen molar-refractivity contribution >= 4 is 17.3 Å². The minimum Gasteiger partial charge on any atom is -0.465 e. The summed E-state index contributed by atoms with van der Waals surface area (Å²) in [6.07, 6.45) is 0. The van der Waals surface area contributed by atoms with Crippen molar-refractivity contribution in [2.45, 2.75) is 33.7 Å². The van der Waals surface area contributed by atoms with Gasteiger partial charge in [0, 0.05) is 6.04 Å². The molecule has 0 aromatic heterocycles. The van der Waals surface area contributed by atoms with Gasteiger partial charge in [0.05, 0.1) is 24.0 Å². The maximum absolute atomic E-state index is 11.4. The average Bonchev–Trinajstić information content (AvgIpc) is 2.72. The highest BCUT2D eigenvalue weighted by Gasteiger charge is 2.64. The monoisotopic (exact) mass is 262 g/mol. The van der Waals surface area contributed by atoms with Gasteiger partial charge in [0.25, 0.3) is 0 Å². The molecule has 0 radical (unpaired) electrons. The second kappa shape index (κ2) is 4.15. The molecular formula is C15H22N2O2. The van der Waals surface area contributed by atoms with Gasteiger partial charge in [0.1, 0.15) is 0 Å². The van der Waals surface area contributed by atoms with E-state index in [1.165, 1.54) is 7.11 Å². The largest absolute Gasteiger partial charge is 0.465 e. The summed E-state index contributed by atoms with van der Waals surface area (Å²) < 4.78 is 4.68. The number of nitrogen functional groups attached to an aromatic ring is 1. The maximum atomic E-state index is 11.4. The van der Waals surface area contributed by atoms with Crippen molar-refractivity contribution in [3.63, 3.8) is 0 Å². The van der Waals surface area contributed by atoms with Gasteiger partial charge in [-0.1, -0.05) is 27.7 Å².